The molecule has 1 aliphatic rings. The first-order chi connectivity index (χ1) is 12.2. The molecular weight excluding hydrogens is 492 g/mol. The number of ether oxygens (including phenoxy) is 2. The zero-order valence-electron chi connectivity index (χ0n) is 14.0. The first-order valence-corrected chi connectivity index (χ1v) is 9.17. The maximum Gasteiger partial charge on any atom is 0.343 e. The summed E-state index contributed by atoms with van der Waals surface area (Å²) in [7, 11) is 4.29. The predicted octanol–water partition coefficient (Wildman–Crippen LogP) is 2.36. The molecule has 7 nitrogen and oxygen atoms in total. The van der Waals surface area contributed by atoms with E-state index in [1.807, 2.05) is 0 Å². The van der Waals surface area contributed by atoms with Gasteiger partial charge in [0.1, 0.15) is 11.3 Å². The van der Waals surface area contributed by atoms with E-state index in [0.717, 1.165) is 0 Å². The summed E-state index contributed by atoms with van der Waals surface area (Å²) in [5.41, 5.74) is 0.575. The summed E-state index contributed by atoms with van der Waals surface area (Å²) in [5.74, 6) is -1.07. The van der Waals surface area contributed by atoms with Crippen LogP contribution in [0.15, 0.2) is 26.7 Å². The lowest BCUT2D eigenvalue weighted by Gasteiger charge is -2.31. The monoisotopic (exact) mass is 504 g/mol. The summed E-state index contributed by atoms with van der Waals surface area (Å²) in [6, 6.07) is 3.33. The number of methoxy groups -OCH3 is 1. The van der Waals surface area contributed by atoms with Gasteiger partial charge in [0, 0.05) is 14.1 Å². The van der Waals surface area contributed by atoms with Crippen LogP contribution in [-0.2, 0) is 19.1 Å². The van der Waals surface area contributed by atoms with E-state index in [0.29, 0.717) is 20.3 Å². The minimum Gasteiger partial charge on any atom is -0.480 e. The standard InChI is InChI=1S/C16H14Br2N2O5S/c1-19-14(22)9(15(23)20(2)16(19)26)4-8-5-10(17)13(11(18)6-8)25-7-12(21)24-3/h4-6H,7H2,1-3H3. The fraction of sp³-hybridized carbons (Fsp3) is 0.250. The molecule has 0 spiro atoms. The lowest BCUT2D eigenvalue weighted by atomic mass is 10.1. The quantitative estimate of drug-likeness (QED) is 0.270. The number of esters is 1. The Morgan fingerprint density at radius 2 is 1.65 bits per heavy atom. The molecule has 0 atom stereocenters. The maximum absolute atomic E-state index is 12.4. The van der Waals surface area contributed by atoms with E-state index in [9.17, 15) is 14.4 Å². The highest BCUT2D eigenvalue weighted by Gasteiger charge is 2.35. The third-order valence-electron chi connectivity index (χ3n) is 3.54. The Morgan fingerprint density at radius 1 is 1.15 bits per heavy atom. The number of carbonyl (C=O) groups is 3. The number of halogens is 2. The highest BCUT2D eigenvalue weighted by atomic mass is 79.9. The Balaban J connectivity index is 2.36. The molecule has 0 aliphatic carbocycles. The first kappa shape index (κ1) is 20.5. The molecule has 1 aromatic carbocycles. The number of hydrogen-bond acceptors (Lipinski definition) is 6. The van der Waals surface area contributed by atoms with Crippen molar-refractivity contribution in [2.75, 3.05) is 27.8 Å². The third kappa shape index (κ3) is 4.13. The predicted molar refractivity (Wildman–Crippen MR) is 105 cm³/mol. The average Bonchev–Trinajstić information content (AvgIpc) is 2.61. The van der Waals surface area contributed by atoms with Crippen LogP contribution in [0.2, 0.25) is 0 Å². The van der Waals surface area contributed by atoms with Gasteiger partial charge >= 0.3 is 5.97 Å². The van der Waals surface area contributed by atoms with Crippen molar-refractivity contribution in [2.45, 2.75) is 0 Å². The molecule has 2 amide bonds. The number of carbonyl (C=O) groups excluding carboxylic acids is 3. The van der Waals surface area contributed by atoms with Crippen LogP contribution in [0, 0.1) is 0 Å². The van der Waals surface area contributed by atoms with Crippen molar-refractivity contribution in [1.82, 2.24) is 9.80 Å². The second kappa shape index (κ2) is 8.28. The van der Waals surface area contributed by atoms with E-state index < -0.39 is 17.8 Å². The summed E-state index contributed by atoms with van der Waals surface area (Å²) < 4.78 is 11.0. The maximum atomic E-state index is 12.4. The van der Waals surface area contributed by atoms with Crippen LogP contribution < -0.4 is 4.74 Å². The number of likely N-dealkylation sites (N-methyl/N-ethyl adjacent to an activating group) is 2. The normalized spacial score (nSPS) is 14.7. The SMILES string of the molecule is COC(=O)COc1c(Br)cc(C=C2C(=O)N(C)C(=S)N(C)C2=O)cc1Br. The molecule has 1 heterocycles. The molecule has 26 heavy (non-hydrogen) atoms. The number of rotatable bonds is 4. The third-order valence-corrected chi connectivity index (χ3v) is 5.26. The highest BCUT2D eigenvalue weighted by Crippen LogP contribution is 2.35. The number of amides is 2. The van der Waals surface area contributed by atoms with Crippen molar-refractivity contribution in [3.05, 3.63) is 32.2 Å². The van der Waals surface area contributed by atoms with Gasteiger partial charge in [-0.15, -0.1) is 0 Å². The average molecular weight is 506 g/mol. The van der Waals surface area contributed by atoms with Gasteiger partial charge < -0.3 is 9.47 Å². The van der Waals surface area contributed by atoms with Crippen molar-refractivity contribution in [3.63, 3.8) is 0 Å². The van der Waals surface area contributed by atoms with Crippen molar-refractivity contribution in [3.8, 4) is 5.75 Å². The lowest BCUT2D eigenvalue weighted by Crippen LogP contribution is -2.52. The molecule has 0 unspecified atom stereocenters. The van der Waals surface area contributed by atoms with Crippen LogP contribution in [0.25, 0.3) is 6.08 Å². The molecule has 0 saturated carbocycles. The number of thiocarbonyl (C=S) groups is 1. The Labute approximate surface area is 172 Å². The number of benzene rings is 1. The fourth-order valence-electron chi connectivity index (χ4n) is 2.13. The van der Waals surface area contributed by atoms with Gasteiger partial charge in [-0.25, -0.2) is 4.79 Å². The number of hydrogen-bond donors (Lipinski definition) is 0. The molecule has 0 N–H and O–H groups in total. The Kier molecular flexibility index (Phi) is 6.53. The van der Waals surface area contributed by atoms with E-state index in [4.69, 9.17) is 17.0 Å². The van der Waals surface area contributed by atoms with E-state index in [2.05, 4.69) is 36.6 Å². The molecule has 138 valence electrons. The zero-order chi connectivity index (χ0) is 19.6. The summed E-state index contributed by atoms with van der Waals surface area (Å²) >= 11 is 11.8. The van der Waals surface area contributed by atoms with Crippen LogP contribution in [-0.4, -0.2) is 60.5 Å². The van der Waals surface area contributed by atoms with Gasteiger partial charge in [-0.05, 0) is 67.8 Å². The molecular formula is C16H14Br2N2O5S. The minimum absolute atomic E-state index is 0.00868. The van der Waals surface area contributed by atoms with Gasteiger partial charge in [-0.2, -0.15) is 0 Å². The summed E-state index contributed by atoms with van der Waals surface area (Å²) in [6.07, 6.45) is 1.47. The molecule has 10 heteroatoms. The Morgan fingerprint density at radius 3 is 2.12 bits per heavy atom. The van der Waals surface area contributed by atoms with Gasteiger partial charge in [0.2, 0.25) is 0 Å². The molecule has 1 aliphatic heterocycles. The Hall–Kier alpha value is -1.78. The molecule has 1 saturated heterocycles. The largest absolute Gasteiger partial charge is 0.480 e. The molecule has 0 aromatic heterocycles. The van der Waals surface area contributed by atoms with Crippen LogP contribution in [0.1, 0.15) is 5.56 Å². The van der Waals surface area contributed by atoms with Crippen LogP contribution >= 0.6 is 44.1 Å². The van der Waals surface area contributed by atoms with Crippen molar-refractivity contribution in [2.24, 2.45) is 0 Å². The molecule has 1 aromatic rings. The van der Waals surface area contributed by atoms with Gasteiger partial charge in [0.05, 0.1) is 16.1 Å². The topological polar surface area (TPSA) is 76.2 Å². The van der Waals surface area contributed by atoms with Crippen LogP contribution in [0.4, 0.5) is 0 Å². The van der Waals surface area contributed by atoms with Gasteiger partial charge in [0.25, 0.3) is 11.8 Å². The summed E-state index contributed by atoms with van der Waals surface area (Å²) in [4.78, 5) is 38.4. The smallest absolute Gasteiger partial charge is 0.343 e. The van der Waals surface area contributed by atoms with Gasteiger partial charge in [-0.3, -0.25) is 19.4 Å². The van der Waals surface area contributed by atoms with E-state index in [1.54, 1.807) is 12.1 Å². The first-order valence-electron chi connectivity index (χ1n) is 7.17. The zero-order valence-corrected chi connectivity index (χ0v) is 18.0. The summed E-state index contributed by atoms with van der Waals surface area (Å²) in [6.45, 7) is -0.252. The van der Waals surface area contributed by atoms with Gasteiger partial charge in [-0.1, -0.05) is 0 Å². The molecule has 0 bridgehead atoms. The second-order valence-electron chi connectivity index (χ2n) is 5.25. The van der Waals surface area contributed by atoms with Crippen LogP contribution in [0.5, 0.6) is 5.75 Å². The van der Waals surface area contributed by atoms with Crippen molar-refractivity contribution in [1.29, 1.82) is 0 Å². The number of nitrogens with zero attached hydrogens (tertiary/aromatic N) is 2. The molecule has 1 fully saturated rings. The van der Waals surface area contributed by atoms with Crippen molar-refractivity contribution >= 4 is 73.0 Å². The fourth-order valence-corrected chi connectivity index (χ4v) is 3.75. The molecule has 0 radical (unpaired) electrons. The van der Waals surface area contributed by atoms with Crippen LogP contribution in [0.3, 0.4) is 0 Å². The van der Waals surface area contributed by atoms with E-state index >= 15 is 0 Å². The second-order valence-corrected chi connectivity index (χ2v) is 7.32. The van der Waals surface area contributed by atoms with E-state index in [-0.39, 0.29) is 17.3 Å². The highest BCUT2D eigenvalue weighted by molar-refractivity contribution is 9.11. The Bertz CT molecular complexity index is 791. The van der Waals surface area contributed by atoms with E-state index in [1.165, 1.54) is 37.1 Å². The summed E-state index contributed by atoms with van der Waals surface area (Å²) in [5, 5.41) is 0.145. The van der Waals surface area contributed by atoms with Crippen molar-refractivity contribution < 1.29 is 23.9 Å². The molecule has 2 rings (SSSR count). The lowest BCUT2D eigenvalue weighted by molar-refractivity contribution is -0.143. The minimum atomic E-state index is -0.518. The van der Waals surface area contributed by atoms with Gasteiger partial charge in [0.15, 0.2) is 11.7 Å².